The van der Waals surface area contributed by atoms with Crippen LogP contribution in [0.25, 0.3) is 32.9 Å². The Morgan fingerprint density at radius 1 is 1.15 bits per heavy atom. The molecule has 0 bridgehead atoms. The summed E-state index contributed by atoms with van der Waals surface area (Å²) >= 11 is 0. The summed E-state index contributed by atoms with van der Waals surface area (Å²) in [6.45, 7) is 19.8. The number of hydrogen-bond acceptors (Lipinski definition) is 8. The molecular weight excluding hydrogens is 711 g/mol. The zero-order valence-electron chi connectivity index (χ0n) is 35.1. The highest BCUT2D eigenvalue weighted by Crippen LogP contribution is 2.46. The molecule has 2 N–H and O–H groups in total. The Morgan fingerprint density at radius 2 is 1.91 bits per heavy atom. The van der Waals surface area contributed by atoms with Gasteiger partial charge in [-0.15, -0.1) is 5.54 Å². The van der Waals surface area contributed by atoms with Gasteiger partial charge < -0.3 is 20.1 Å². The van der Waals surface area contributed by atoms with E-state index in [1.165, 1.54) is 6.07 Å². The van der Waals surface area contributed by atoms with Crippen molar-refractivity contribution in [3.05, 3.63) is 59.6 Å². The summed E-state index contributed by atoms with van der Waals surface area (Å²) in [5, 5.41) is 1.92. The van der Waals surface area contributed by atoms with Gasteiger partial charge in [0.05, 0.1) is 49.7 Å². The number of aryl methyl sites for hydroxylation is 1. The molecule has 8 rings (SSSR count). The van der Waals surface area contributed by atoms with E-state index in [1.807, 2.05) is 17.9 Å². The third-order valence-electron chi connectivity index (χ3n) is 12.9. The molecule has 0 spiro atoms. The monoisotopic (exact) mass is 766 g/mol. The molecule has 5 heterocycles. The Kier molecular flexibility index (Phi) is 9.07. The maximum absolute atomic E-state index is 16.2. The van der Waals surface area contributed by atoms with Crippen LogP contribution in [0.5, 0.6) is 6.01 Å². The van der Waals surface area contributed by atoms with Crippen molar-refractivity contribution < 1.29 is 21.0 Å². The van der Waals surface area contributed by atoms with Crippen LogP contribution >= 0.6 is 0 Å². The van der Waals surface area contributed by atoms with E-state index < -0.39 is 38.2 Å². The van der Waals surface area contributed by atoms with E-state index in [1.54, 1.807) is 18.3 Å². The number of halogens is 2. The minimum absolute atomic E-state index is 0.147. The Bertz CT molecular complexity index is 2330. The Hall–Kier alpha value is -4.11. The SMILES string of the molecule is [2H]C([2H])(Oc1nc(N2CCOC[C@H]3[C@H](F)[C@H]32)c2cnc(-c3cc(N)cc4ccc(F)c(C#C[Si](C(C)C)(C(C)C)C(C)C)c34)c(C)c2n1)[C@@]12CCCN1CC(=C)C2. The molecule has 290 valence electrons. The van der Waals surface area contributed by atoms with Gasteiger partial charge in [0.2, 0.25) is 0 Å². The molecule has 1 saturated carbocycles. The number of benzene rings is 2. The molecule has 2 aromatic carbocycles. The van der Waals surface area contributed by atoms with Gasteiger partial charge in [-0.2, -0.15) is 9.97 Å². The number of nitrogens with zero attached hydrogens (tertiary/aromatic N) is 5. The smallest absolute Gasteiger partial charge is 0.319 e. The topological polar surface area (TPSA) is 89.6 Å². The molecule has 2 aromatic heterocycles. The van der Waals surface area contributed by atoms with E-state index in [0.717, 1.165) is 23.9 Å². The van der Waals surface area contributed by atoms with Gasteiger partial charge in [0, 0.05) is 47.4 Å². The van der Waals surface area contributed by atoms with Crippen molar-refractivity contribution in [3.63, 3.8) is 0 Å². The molecule has 0 unspecified atom stereocenters. The summed E-state index contributed by atoms with van der Waals surface area (Å²) in [7, 11) is -2.24. The zero-order valence-corrected chi connectivity index (χ0v) is 34.1. The molecule has 11 heteroatoms. The Morgan fingerprint density at radius 3 is 2.65 bits per heavy atom. The predicted molar refractivity (Wildman–Crippen MR) is 220 cm³/mol. The maximum Gasteiger partial charge on any atom is 0.319 e. The molecule has 3 aliphatic heterocycles. The van der Waals surface area contributed by atoms with E-state index in [2.05, 4.69) is 64.5 Å². The first-order valence-electron chi connectivity index (χ1n) is 20.8. The number of anilines is 2. The van der Waals surface area contributed by atoms with Crippen LogP contribution in [0, 0.1) is 30.1 Å². The van der Waals surface area contributed by atoms with Crippen LogP contribution < -0.4 is 15.4 Å². The van der Waals surface area contributed by atoms with Gasteiger partial charge in [0.25, 0.3) is 0 Å². The van der Waals surface area contributed by atoms with E-state index in [4.69, 9.17) is 30.2 Å². The zero-order chi connectivity index (χ0) is 40.8. The minimum atomic E-state index is -2.24. The summed E-state index contributed by atoms with van der Waals surface area (Å²) < 4.78 is 62.3. The second-order valence-corrected chi connectivity index (χ2v) is 22.7. The van der Waals surface area contributed by atoms with Crippen molar-refractivity contribution in [3.8, 4) is 28.7 Å². The van der Waals surface area contributed by atoms with Crippen LogP contribution in [0.2, 0.25) is 16.6 Å². The van der Waals surface area contributed by atoms with Crippen molar-refractivity contribution in [1.82, 2.24) is 19.9 Å². The number of nitrogen functional groups attached to an aromatic ring is 1. The molecule has 4 atom stereocenters. The van der Waals surface area contributed by atoms with Gasteiger partial charge in [-0.1, -0.05) is 65.7 Å². The second-order valence-electron chi connectivity index (χ2n) is 17.1. The molecule has 0 radical (unpaired) electrons. The molecule has 8 nitrogen and oxygen atoms in total. The number of nitrogens with two attached hydrogens (primary N) is 1. The third kappa shape index (κ3) is 6.29. The first kappa shape index (κ1) is 35.3. The van der Waals surface area contributed by atoms with E-state index in [9.17, 15) is 2.74 Å². The molecule has 4 aromatic rings. The van der Waals surface area contributed by atoms with Crippen LogP contribution in [0.1, 0.15) is 74.7 Å². The highest BCUT2D eigenvalue weighted by Gasteiger charge is 2.56. The fraction of sp³-hybridized carbons (Fsp3) is 0.523. The number of fused-ring (bicyclic) bond motifs is 4. The van der Waals surface area contributed by atoms with E-state index in [0.29, 0.717) is 106 Å². The Balaban J connectivity index is 1.33. The average Bonchev–Trinajstić information content (AvgIpc) is 3.50. The first-order chi connectivity index (χ1) is 27.0. The molecule has 4 fully saturated rings. The lowest BCUT2D eigenvalue weighted by molar-refractivity contribution is 0.108. The molecular formula is C44H54F2N6O2Si. The third-order valence-corrected chi connectivity index (χ3v) is 19.2. The summed E-state index contributed by atoms with van der Waals surface area (Å²) in [6.07, 6.45) is 2.52. The maximum atomic E-state index is 16.2. The van der Waals surface area contributed by atoms with E-state index >= 15 is 8.78 Å². The van der Waals surface area contributed by atoms with Crippen LogP contribution in [-0.4, -0.2) is 85.1 Å². The summed E-state index contributed by atoms with van der Waals surface area (Å²) in [6, 6.07) is 6.22. The molecule has 1 aliphatic carbocycles. The van der Waals surface area contributed by atoms with E-state index in [-0.39, 0.29) is 11.9 Å². The fourth-order valence-electron chi connectivity index (χ4n) is 10.2. The number of alkyl halides is 1. The second kappa shape index (κ2) is 14.1. The van der Waals surface area contributed by atoms with Gasteiger partial charge in [-0.25, -0.2) is 8.78 Å². The van der Waals surface area contributed by atoms with Gasteiger partial charge in [-0.3, -0.25) is 9.88 Å². The van der Waals surface area contributed by atoms with Crippen molar-refractivity contribution in [2.75, 3.05) is 50.0 Å². The van der Waals surface area contributed by atoms with Crippen molar-refractivity contribution in [2.45, 2.75) is 102 Å². The van der Waals surface area contributed by atoms with Crippen molar-refractivity contribution in [1.29, 1.82) is 0 Å². The van der Waals surface area contributed by atoms with Crippen LogP contribution in [0.4, 0.5) is 20.3 Å². The number of ether oxygens (including phenoxy) is 2. The quantitative estimate of drug-likeness (QED) is 0.0825. The van der Waals surface area contributed by atoms with Crippen molar-refractivity contribution >= 4 is 41.3 Å². The highest BCUT2D eigenvalue weighted by molar-refractivity contribution is 6.90. The number of hydrogen-bond donors (Lipinski definition) is 1. The van der Waals surface area contributed by atoms with Gasteiger partial charge in [-0.05, 0) is 72.9 Å². The highest BCUT2D eigenvalue weighted by atomic mass is 28.3. The Labute approximate surface area is 327 Å². The van der Waals surface area contributed by atoms with Crippen molar-refractivity contribution in [2.24, 2.45) is 5.92 Å². The normalized spacial score (nSPS) is 24.9. The van der Waals surface area contributed by atoms with Gasteiger partial charge >= 0.3 is 6.01 Å². The lowest BCUT2D eigenvalue weighted by Crippen LogP contribution is -2.43. The van der Waals surface area contributed by atoms with Gasteiger partial charge in [0.1, 0.15) is 32.4 Å². The molecule has 3 saturated heterocycles. The standard InChI is InChI=1S/C44H54F2N6O2Si/c1-25(2)55(26(3)4,27(5)6)17-12-32-36(45)11-10-30-18-31(47)19-33(37(30)32)39-29(8)40-34(21-48-39)42(52-15-16-53-23-35-38(46)41(35)52)50-43(49-40)54-24-44-13-9-14-51(44)22-28(7)20-44/h10-11,18-19,21,25-27,35,38,41H,7,9,13-16,20,22-24,47H2,1-6,8H3/t35-,38-,41-,44-/m0/s1/i24D2. The molecule has 4 aliphatic rings. The molecule has 0 amide bonds. The minimum Gasteiger partial charge on any atom is -0.461 e. The average molecular weight is 767 g/mol. The summed E-state index contributed by atoms with van der Waals surface area (Å²) in [4.78, 5) is 18.8. The van der Waals surface area contributed by atoms with Crippen LogP contribution in [0.15, 0.2) is 42.6 Å². The fourth-order valence-corrected chi connectivity index (χ4v) is 15.4. The largest absolute Gasteiger partial charge is 0.461 e. The number of aromatic nitrogens is 3. The molecule has 55 heavy (non-hydrogen) atoms. The van der Waals surface area contributed by atoms with Gasteiger partial charge in [0.15, 0.2) is 0 Å². The van der Waals surface area contributed by atoms with Crippen LogP contribution in [0.3, 0.4) is 0 Å². The first-order valence-corrected chi connectivity index (χ1v) is 22.1. The lowest BCUT2D eigenvalue weighted by Gasteiger charge is -2.38. The van der Waals surface area contributed by atoms with Crippen LogP contribution in [-0.2, 0) is 4.74 Å². The lowest BCUT2D eigenvalue weighted by atomic mass is 9.94. The summed E-state index contributed by atoms with van der Waals surface area (Å²) in [5.41, 5.74) is 14.4. The number of pyridine rings is 1. The number of rotatable bonds is 8. The summed E-state index contributed by atoms with van der Waals surface area (Å²) in [5.74, 6) is 3.10. The predicted octanol–water partition coefficient (Wildman–Crippen LogP) is 8.79.